The van der Waals surface area contributed by atoms with E-state index < -0.39 is 143 Å². The van der Waals surface area contributed by atoms with Gasteiger partial charge in [-0.15, -0.1) is 0 Å². The quantitative estimate of drug-likeness (QED) is 0.0836. The Hall–Kier alpha value is -5.78. The number of nitrogens with one attached hydrogen (secondary N) is 4. The lowest BCUT2D eigenvalue weighted by atomic mass is 9.93. The van der Waals surface area contributed by atoms with Crippen LogP contribution < -0.4 is 21.3 Å². The third-order valence-corrected chi connectivity index (χ3v) is 18.7. The highest BCUT2D eigenvalue weighted by Crippen LogP contribution is 2.26. The Morgan fingerprint density at radius 2 is 0.837 bits per heavy atom. The van der Waals surface area contributed by atoms with Crippen LogP contribution in [0.1, 0.15) is 170 Å². The van der Waals surface area contributed by atoms with E-state index in [4.69, 9.17) is 0 Å². The molecule has 1 aliphatic heterocycles. The second-order valence-corrected chi connectivity index (χ2v) is 29.4. The smallest absolute Gasteiger partial charge is 0.246 e. The number of likely N-dealkylation sites (N-methyl/N-ethyl adjacent to an activating group) is 7. The minimum Gasteiger partial charge on any atom is -0.343 e. The van der Waals surface area contributed by atoms with E-state index >= 15 is 28.8 Å². The number of thioether (sulfide) groups is 1. The maximum Gasteiger partial charge on any atom is 0.246 e. The first kappa shape index (κ1) is 84.2. The molecule has 1 rings (SSSR count). The van der Waals surface area contributed by atoms with Crippen LogP contribution in [-0.4, -0.2) is 252 Å². The highest BCUT2D eigenvalue weighted by atomic mass is 32.2. The van der Waals surface area contributed by atoms with Crippen LogP contribution in [0, 0.1) is 41.4 Å². The van der Waals surface area contributed by atoms with Crippen LogP contribution in [0.15, 0.2) is 12.2 Å². The van der Waals surface area contributed by atoms with Gasteiger partial charge in [-0.25, -0.2) is 0 Å². The highest BCUT2D eigenvalue weighted by molar-refractivity contribution is 7.99. The van der Waals surface area contributed by atoms with Crippen LogP contribution >= 0.6 is 11.8 Å². The summed E-state index contributed by atoms with van der Waals surface area (Å²) in [6, 6.07) is -12.7. The SMILES string of the molecule is C/C=C/C[C@@H](C)C[C@H]1C(=O)N[C@@H](CC)C(=O)N(C)[C@@H](CSCCN(C)CC)C(=O)N(C)[C@@H](CC(C)C)C(=O)N[C@H](C(C)C)C(=O)N(C)[C@H](CC(C)C)C(=O)N[C@H](C)C(=O)N[C@@H](C)C(=O)N(C)[C@@H](CC(C)C)C(=O)N(C)[C@@H](CC(C)C)C(=O)N(C)[C@@H](C(C)C)C(=O)N1C. The summed E-state index contributed by atoms with van der Waals surface area (Å²) in [5.41, 5.74) is 0. The minimum absolute atomic E-state index is 0.0973. The second kappa shape index (κ2) is 39.8. The zero-order chi connectivity index (χ0) is 71.1. The molecule has 0 saturated carbocycles. The van der Waals surface area contributed by atoms with Gasteiger partial charge in [-0.2, -0.15) is 11.8 Å². The molecule has 0 aromatic rings. The van der Waals surface area contributed by atoms with Gasteiger partial charge < -0.3 is 60.5 Å². The summed E-state index contributed by atoms with van der Waals surface area (Å²) in [5.74, 6) is -7.59. The zero-order valence-corrected chi connectivity index (χ0v) is 62.1. The predicted octanol–water partition coefficient (Wildman–Crippen LogP) is 5.35. The molecular formula is C68H124N12O11S. The second-order valence-electron chi connectivity index (χ2n) is 28.2. The molecule has 0 bridgehead atoms. The van der Waals surface area contributed by atoms with Gasteiger partial charge in [-0.3, -0.25) is 52.7 Å². The number of amides is 11. The minimum atomic E-state index is -1.22. The number of nitrogens with zero attached hydrogens (tertiary/aromatic N) is 8. The lowest BCUT2D eigenvalue weighted by Gasteiger charge is -2.41. The van der Waals surface area contributed by atoms with Crippen molar-refractivity contribution in [1.29, 1.82) is 0 Å². The fourth-order valence-corrected chi connectivity index (χ4v) is 12.7. The predicted molar refractivity (Wildman–Crippen MR) is 366 cm³/mol. The largest absolute Gasteiger partial charge is 0.343 e. The molecule has 23 nitrogen and oxygen atoms in total. The number of hydrogen-bond donors (Lipinski definition) is 4. The van der Waals surface area contributed by atoms with Crippen LogP contribution in [0.4, 0.5) is 0 Å². The van der Waals surface area contributed by atoms with Crippen LogP contribution in [0.5, 0.6) is 0 Å². The summed E-state index contributed by atoms with van der Waals surface area (Å²) >= 11 is 1.46. The van der Waals surface area contributed by atoms with E-state index in [1.54, 1.807) is 34.6 Å². The van der Waals surface area contributed by atoms with Crippen molar-refractivity contribution in [2.75, 3.05) is 81.0 Å². The highest BCUT2D eigenvalue weighted by Gasteiger charge is 2.45. The fraction of sp³-hybridized carbons (Fsp3) is 0.809. The van der Waals surface area contributed by atoms with Gasteiger partial charge in [-0.05, 0) is 121 Å². The molecule has 0 aromatic carbocycles. The molecule has 528 valence electrons. The van der Waals surface area contributed by atoms with Gasteiger partial charge in [0.25, 0.3) is 0 Å². The first-order valence-electron chi connectivity index (χ1n) is 33.6. The Labute approximate surface area is 558 Å². The number of hydrogen-bond acceptors (Lipinski definition) is 13. The van der Waals surface area contributed by atoms with Crippen molar-refractivity contribution in [2.24, 2.45) is 41.4 Å². The van der Waals surface area contributed by atoms with Crippen molar-refractivity contribution in [3.05, 3.63) is 12.2 Å². The van der Waals surface area contributed by atoms with E-state index in [9.17, 15) is 24.0 Å². The Kier molecular flexibility index (Phi) is 36.4. The molecule has 1 heterocycles. The molecular weight excluding hydrogens is 1190 g/mol. The first-order chi connectivity index (χ1) is 42.6. The lowest BCUT2D eigenvalue weighted by Crippen LogP contribution is -2.62. The molecule has 11 amide bonds. The molecule has 0 spiro atoms. The number of carbonyl (C=O) groups is 11. The van der Waals surface area contributed by atoms with E-state index in [1.807, 2.05) is 95.4 Å². The molecule has 0 aliphatic carbocycles. The Balaban J connectivity index is 4.49. The number of allylic oxidation sites excluding steroid dienone is 2. The lowest BCUT2D eigenvalue weighted by molar-refractivity contribution is -0.156. The van der Waals surface area contributed by atoms with Crippen LogP contribution in [0.2, 0.25) is 0 Å². The summed E-state index contributed by atoms with van der Waals surface area (Å²) in [6.07, 6.45) is 5.40. The van der Waals surface area contributed by atoms with E-state index in [0.717, 1.165) is 6.54 Å². The first-order valence-corrected chi connectivity index (χ1v) is 34.8. The Morgan fingerprint density at radius 1 is 0.446 bits per heavy atom. The number of carbonyl (C=O) groups excluding carboxylic acids is 11. The average Bonchev–Trinajstić information content (AvgIpc) is 0.838. The molecule has 4 N–H and O–H groups in total. The van der Waals surface area contributed by atoms with Crippen molar-refractivity contribution in [3.63, 3.8) is 0 Å². The molecule has 0 radical (unpaired) electrons. The van der Waals surface area contributed by atoms with Gasteiger partial charge >= 0.3 is 0 Å². The third kappa shape index (κ3) is 24.8. The number of rotatable bonds is 21. The molecule has 1 saturated heterocycles. The fourth-order valence-electron chi connectivity index (χ4n) is 11.5. The van der Waals surface area contributed by atoms with Gasteiger partial charge in [0.05, 0.1) is 0 Å². The molecule has 1 fully saturated rings. The van der Waals surface area contributed by atoms with Crippen molar-refractivity contribution < 1.29 is 52.7 Å². The Bertz CT molecular complexity index is 2480. The van der Waals surface area contributed by atoms with Gasteiger partial charge in [-0.1, -0.05) is 116 Å². The molecule has 92 heavy (non-hydrogen) atoms. The van der Waals surface area contributed by atoms with Gasteiger partial charge in [0.15, 0.2) is 0 Å². The molecule has 12 atom stereocenters. The van der Waals surface area contributed by atoms with E-state index in [-0.39, 0.29) is 73.9 Å². The van der Waals surface area contributed by atoms with Crippen LogP contribution in [0.3, 0.4) is 0 Å². The van der Waals surface area contributed by atoms with Crippen molar-refractivity contribution in [2.45, 2.75) is 236 Å². The van der Waals surface area contributed by atoms with Crippen molar-refractivity contribution in [1.82, 2.24) is 60.5 Å². The monoisotopic (exact) mass is 1320 g/mol. The summed E-state index contributed by atoms with van der Waals surface area (Å²) in [5, 5.41) is 11.4. The molecule has 0 aromatic heterocycles. The zero-order valence-electron chi connectivity index (χ0n) is 61.3. The average molecular weight is 1320 g/mol. The van der Waals surface area contributed by atoms with E-state index in [1.165, 1.54) is 109 Å². The normalized spacial score (nSPS) is 26.3. The molecule has 1 aliphatic rings. The maximum absolute atomic E-state index is 15.3. The Morgan fingerprint density at radius 3 is 1.29 bits per heavy atom. The third-order valence-electron chi connectivity index (χ3n) is 17.6. The summed E-state index contributed by atoms with van der Waals surface area (Å²) in [4.78, 5) is 175. The summed E-state index contributed by atoms with van der Waals surface area (Å²) < 4.78 is 0. The van der Waals surface area contributed by atoms with E-state index in [2.05, 4.69) is 26.2 Å². The standard InChI is InChI=1S/C68H124N12O11S/c1-27-30-31-46(16)38-52-60(83)71-49(28-2)63(86)79(25)55(39-92-33-32-73(19)29-3)66(89)74(20)51(35-41(6)7)61(84)72-56(44(12)13)67(90)75(21)50(34-40(4)5)59(82)69-47(17)58(81)70-48(18)62(85)77(23)53(36-42(8)9)64(87)78(24)54(37-43(10)11)65(88)80(26)57(45(14)15)68(91)76(52)22/h27,30,40-57H,28-29,31-39H2,1-26H3,(H,69,82)(H,70,81)(H,71,83)(H,72,84)/b30-27+/t46-,47-,48+,49+,50-,51+,52+,53+,54+,55+,56-,57+/m1/s1. The molecule has 0 unspecified atom stereocenters. The van der Waals surface area contributed by atoms with Crippen LogP contribution in [0.25, 0.3) is 0 Å². The molecule has 24 heteroatoms. The van der Waals surface area contributed by atoms with Gasteiger partial charge in [0, 0.05) is 67.4 Å². The van der Waals surface area contributed by atoms with Gasteiger partial charge in [0.2, 0.25) is 65.0 Å². The van der Waals surface area contributed by atoms with E-state index in [0.29, 0.717) is 18.7 Å². The van der Waals surface area contributed by atoms with Crippen molar-refractivity contribution in [3.8, 4) is 0 Å². The summed E-state index contributed by atoms with van der Waals surface area (Å²) in [7, 11) is 12.4. The van der Waals surface area contributed by atoms with Gasteiger partial charge in [0.1, 0.15) is 66.5 Å². The maximum atomic E-state index is 15.3. The summed E-state index contributed by atoms with van der Waals surface area (Å²) in [6.45, 7) is 34.3. The van der Waals surface area contributed by atoms with Crippen LogP contribution in [-0.2, 0) is 52.7 Å². The topological polar surface area (TPSA) is 262 Å². The van der Waals surface area contributed by atoms with Crippen molar-refractivity contribution >= 4 is 76.7 Å².